The summed E-state index contributed by atoms with van der Waals surface area (Å²) < 4.78 is 5.74. The maximum atomic E-state index is 7.69. The molecule has 0 unspecified atom stereocenters. The lowest BCUT2D eigenvalue weighted by molar-refractivity contribution is 0.464. The summed E-state index contributed by atoms with van der Waals surface area (Å²) in [7, 11) is 0. The first kappa shape index (κ1) is 13.4. The van der Waals surface area contributed by atoms with Crippen molar-refractivity contribution in [3.8, 4) is 11.6 Å². The first-order chi connectivity index (χ1) is 10.1. The van der Waals surface area contributed by atoms with E-state index in [9.17, 15) is 0 Å². The standard InChI is InChI=1S/C16H12ClN3O/c17-11-5-3-6-12(9-11)21-16-13(15(18)19)8-10-4-1-2-7-14(10)20-16/h1-9H,(H3,18,19). The van der Waals surface area contributed by atoms with Crippen LogP contribution in [0.3, 0.4) is 0 Å². The Labute approximate surface area is 126 Å². The molecule has 21 heavy (non-hydrogen) atoms. The van der Waals surface area contributed by atoms with Gasteiger partial charge in [0.05, 0.1) is 11.1 Å². The van der Waals surface area contributed by atoms with Crippen LogP contribution in [0.15, 0.2) is 54.6 Å². The third-order valence-electron chi connectivity index (χ3n) is 2.99. The summed E-state index contributed by atoms with van der Waals surface area (Å²) in [6.45, 7) is 0. The molecule has 0 aliphatic carbocycles. The third-order valence-corrected chi connectivity index (χ3v) is 3.22. The molecule has 0 bridgehead atoms. The minimum atomic E-state index is -0.0923. The fourth-order valence-electron chi connectivity index (χ4n) is 2.01. The molecule has 0 amide bonds. The van der Waals surface area contributed by atoms with Crippen LogP contribution in [-0.2, 0) is 0 Å². The van der Waals surface area contributed by atoms with Crippen LogP contribution in [0.5, 0.6) is 11.6 Å². The fourth-order valence-corrected chi connectivity index (χ4v) is 2.19. The molecule has 0 aliphatic rings. The normalized spacial score (nSPS) is 10.5. The molecule has 2 aromatic carbocycles. The number of hydrogen-bond acceptors (Lipinski definition) is 3. The zero-order valence-corrected chi connectivity index (χ0v) is 11.8. The summed E-state index contributed by atoms with van der Waals surface area (Å²) in [5, 5.41) is 9.16. The molecule has 0 saturated heterocycles. The van der Waals surface area contributed by atoms with Crippen LogP contribution in [0.4, 0.5) is 0 Å². The van der Waals surface area contributed by atoms with E-state index in [0.29, 0.717) is 22.2 Å². The first-order valence-corrected chi connectivity index (χ1v) is 6.69. The Morgan fingerprint density at radius 1 is 1.10 bits per heavy atom. The highest BCUT2D eigenvalue weighted by Crippen LogP contribution is 2.28. The van der Waals surface area contributed by atoms with Crippen molar-refractivity contribution in [3.63, 3.8) is 0 Å². The van der Waals surface area contributed by atoms with E-state index >= 15 is 0 Å². The lowest BCUT2D eigenvalue weighted by atomic mass is 10.1. The number of nitrogens with two attached hydrogens (primary N) is 1. The Balaban J connectivity index is 2.11. The van der Waals surface area contributed by atoms with Gasteiger partial charge in [-0.3, -0.25) is 5.41 Å². The molecule has 0 saturated carbocycles. The van der Waals surface area contributed by atoms with E-state index in [1.807, 2.05) is 24.3 Å². The van der Waals surface area contributed by atoms with Gasteiger partial charge in [0.1, 0.15) is 11.6 Å². The number of aromatic nitrogens is 1. The molecule has 0 atom stereocenters. The largest absolute Gasteiger partial charge is 0.438 e. The van der Waals surface area contributed by atoms with Crippen molar-refractivity contribution < 1.29 is 4.74 Å². The molecule has 5 heteroatoms. The van der Waals surface area contributed by atoms with Crippen LogP contribution < -0.4 is 10.5 Å². The zero-order valence-electron chi connectivity index (χ0n) is 11.0. The molecule has 1 heterocycles. The third kappa shape index (κ3) is 2.80. The fraction of sp³-hybridized carbons (Fsp3) is 0. The smallest absolute Gasteiger partial charge is 0.230 e. The number of nitrogen functional groups attached to an aromatic ring is 1. The van der Waals surface area contributed by atoms with Crippen molar-refractivity contribution in [2.75, 3.05) is 0 Å². The van der Waals surface area contributed by atoms with Crippen molar-refractivity contribution in [2.24, 2.45) is 5.73 Å². The van der Waals surface area contributed by atoms with E-state index in [1.165, 1.54) is 0 Å². The monoisotopic (exact) mass is 297 g/mol. The van der Waals surface area contributed by atoms with Crippen LogP contribution in [0.25, 0.3) is 10.9 Å². The number of para-hydroxylation sites is 1. The van der Waals surface area contributed by atoms with Crippen LogP contribution in [0.2, 0.25) is 5.02 Å². The molecule has 0 radical (unpaired) electrons. The maximum absolute atomic E-state index is 7.69. The molecule has 0 spiro atoms. The Morgan fingerprint density at radius 3 is 2.67 bits per heavy atom. The van der Waals surface area contributed by atoms with E-state index in [1.54, 1.807) is 30.3 Å². The highest BCUT2D eigenvalue weighted by molar-refractivity contribution is 6.30. The predicted octanol–water partition coefficient (Wildman–Crippen LogP) is 3.96. The second kappa shape index (κ2) is 5.42. The van der Waals surface area contributed by atoms with E-state index in [0.717, 1.165) is 10.9 Å². The molecule has 4 nitrogen and oxygen atoms in total. The van der Waals surface area contributed by atoms with Crippen LogP contribution in [0, 0.1) is 5.41 Å². The highest BCUT2D eigenvalue weighted by atomic mass is 35.5. The van der Waals surface area contributed by atoms with Gasteiger partial charge in [0, 0.05) is 10.4 Å². The molecular weight excluding hydrogens is 286 g/mol. The van der Waals surface area contributed by atoms with Gasteiger partial charge >= 0.3 is 0 Å². The van der Waals surface area contributed by atoms with Crippen LogP contribution >= 0.6 is 11.6 Å². The van der Waals surface area contributed by atoms with Gasteiger partial charge < -0.3 is 10.5 Å². The molecule has 3 rings (SSSR count). The molecule has 104 valence electrons. The Hall–Kier alpha value is -2.59. The average molecular weight is 298 g/mol. The number of rotatable bonds is 3. The van der Waals surface area contributed by atoms with Gasteiger partial charge in [0.15, 0.2) is 0 Å². The number of hydrogen-bond donors (Lipinski definition) is 2. The molecule has 0 aliphatic heterocycles. The number of ether oxygens (including phenoxy) is 1. The molecule has 1 aromatic heterocycles. The SMILES string of the molecule is N=C(N)c1cc2ccccc2nc1Oc1cccc(Cl)c1. The Kier molecular flexibility index (Phi) is 3.46. The second-order valence-electron chi connectivity index (χ2n) is 4.51. The van der Waals surface area contributed by atoms with Crippen molar-refractivity contribution >= 4 is 28.3 Å². The summed E-state index contributed by atoms with van der Waals surface area (Å²) in [6, 6.07) is 16.4. The van der Waals surface area contributed by atoms with E-state index < -0.39 is 0 Å². The number of pyridine rings is 1. The molecule has 3 N–H and O–H groups in total. The summed E-state index contributed by atoms with van der Waals surface area (Å²) >= 11 is 5.94. The van der Waals surface area contributed by atoms with Crippen LogP contribution in [0.1, 0.15) is 5.56 Å². The van der Waals surface area contributed by atoms with Gasteiger partial charge in [-0.2, -0.15) is 0 Å². The van der Waals surface area contributed by atoms with Crippen molar-refractivity contribution in [3.05, 3.63) is 65.2 Å². The number of nitrogens with zero attached hydrogens (tertiary/aromatic N) is 1. The van der Waals surface area contributed by atoms with Gasteiger partial charge in [0.25, 0.3) is 0 Å². The maximum Gasteiger partial charge on any atom is 0.230 e. The zero-order chi connectivity index (χ0) is 14.8. The number of halogens is 1. The van der Waals surface area contributed by atoms with Gasteiger partial charge in [0.2, 0.25) is 5.88 Å². The summed E-state index contributed by atoms with van der Waals surface area (Å²) in [4.78, 5) is 4.44. The molecular formula is C16H12ClN3O. The summed E-state index contributed by atoms with van der Waals surface area (Å²) in [6.07, 6.45) is 0. The number of amidine groups is 1. The van der Waals surface area contributed by atoms with Crippen LogP contribution in [-0.4, -0.2) is 10.8 Å². The number of fused-ring (bicyclic) bond motifs is 1. The topological polar surface area (TPSA) is 72.0 Å². The van der Waals surface area contributed by atoms with Gasteiger partial charge in [-0.15, -0.1) is 0 Å². The lowest BCUT2D eigenvalue weighted by Crippen LogP contribution is -2.13. The minimum Gasteiger partial charge on any atom is -0.438 e. The van der Waals surface area contributed by atoms with Crippen molar-refractivity contribution in [2.45, 2.75) is 0 Å². The van der Waals surface area contributed by atoms with Gasteiger partial charge in [-0.1, -0.05) is 35.9 Å². The molecule has 0 fully saturated rings. The first-order valence-electron chi connectivity index (χ1n) is 6.31. The summed E-state index contributed by atoms with van der Waals surface area (Å²) in [5.74, 6) is 0.751. The van der Waals surface area contributed by atoms with Crippen molar-refractivity contribution in [1.82, 2.24) is 4.98 Å². The van der Waals surface area contributed by atoms with Gasteiger partial charge in [-0.05, 0) is 30.3 Å². The predicted molar refractivity (Wildman–Crippen MR) is 84.3 cm³/mol. The van der Waals surface area contributed by atoms with E-state index in [4.69, 9.17) is 27.5 Å². The highest BCUT2D eigenvalue weighted by Gasteiger charge is 2.12. The number of nitrogens with one attached hydrogen (secondary N) is 1. The van der Waals surface area contributed by atoms with E-state index in [2.05, 4.69) is 4.98 Å². The van der Waals surface area contributed by atoms with Gasteiger partial charge in [-0.25, -0.2) is 4.98 Å². The quantitative estimate of drug-likeness (QED) is 0.567. The minimum absolute atomic E-state index is 0.0923. The van der Waals surface area contributed by atoms with Crippen molar-refractivity contribution in [1.29, 1.82) is 5.41 Å². The second-order valence-corrected chi connectivity index (χ2v) is 4.94. The Morgan fingerprint density at radius 2 is 1.90 bits per heavy atom. The van der Waals surface area contributed by atoms with E-state index in [-0.39, 0.29) is 5.84 Å². The lowest BCUT2D eigenvalue weighted by Gasteiger charge is -2.11. The molecule has 3 aromatic rings. The Bertz CT molecular complexity index is 833. The number of benzene rings is 2. The summed E-state index contributed by atoms with van der Waals surface area (Å²) in [5.41, 5.74) is 6.86. The average Bonchev–Trinajstić information content (AvgIpc) is 2.46.